The summed E-state index contributed by atoms with van der Waals surface area (Å²) in [5.41, 5.74) is 10.3. The lowest BCUT2D eigenvalue weighted by atomic mass is 10.1. The van der Waals surface area contributed by atoms with E-state index in [0.717, 1.165) is 72.2 Å². The van der Waals surface area contributed by atoms with Gasteiger partial charge in [0, 0.05) is 39.4 Å². The number of nitrogens with zero attached hydrogens (tertiary/aromatic N) is 3. The first kappa shape index (κ1) is 28.1. The first-order valence-corrected chi connectivity index (χ1v) is 16.8. The van der Waals surface area contributed by atoms with Crippen molar-refractivity contribution in [3.8, 4) is 10.6 Å². The molecule has 0 aliphatic rings. The van der Waals surface area contributed by atoms with Gasteiger partial charge in [-0.05, 0) is 103 Å². The Kier molecular flexibility index (Phi) is 6.95. The molecule has 0 atom stereocenters. The molecule has 0 unspecified atom stereocenters. The average molecular weight is 636 g/mol. The SMILES string of the molecule is c1ccc(N(c2ccc(-c3nc4ccccc4s3)cc2)c2ccc3oc4cccc(N(c5ccccc5)c5ccccc5)c4c3c2)cc1. The zero-order valence-corrected chi connectivity index (χ0v) is 26.7. The third-order valence-electron chi connectivity index (χ3n) is 8.67. The Morgan fingerprint density at radius 2 is 1.04 bits per heavy atom. The zero-order chi connectivity index (χ0) is 31.9. The van der Waals surface area contributed by atoms with Crippen LogP contribution in [0.25, 0.3) is 42.7 Å². The molecule has 0 N–H and O–H groups in total. The number of para-hydroxylation sites is 4. The first-order chi connectivity index (χ1) is 23.8. The Morgan fingerprint density at radius 1 is 0.458 bits per heavy atom. The van der Waals surface area contributed by atoms with Gasteiger partial charge in [-0.1, -0.05) is 72.8 Å². The topological polar surface area (TPSA) is 32.5 Å². The molecule has 2 heterocycles. The summed E-state index contributed by atoms with van der Waals surface area (Å²) in [7, 11) is 0. The lowest BCUT2D eigenvalue weighted by molar-refractivity contribution is 0.669. The van der Waals surface area contributed by atoms with Crippen molar-refractivity contribution in [2.75, 3.05) is 9.80 Å². The number of hydrogen-bond acceptors (Lipinski definition) is 5. The van der Waals surface area contributed by atoms with Crippen molar-refractivity contribution in [1.82, 2.24) is 4.98 Å². The average Bonchev–Trinajstić information content (AvgIpc) is 3.76. The number of aromatic nitrogens is 1. The van der Waals surface area contributed by atoms with Gasteiger partial charge in [-0.25, -0.2) is 4.98 Å². The van der Waals surface area contributed by atoms with Crippen molar-refractivity contribution in [2.24, 2.45) is 0 Å². The molecule has 0 amide bonds. The summed E-state index contributed by atoms with van der Waals surface area (Å²) >= 11 is 1.72. The van der Waals surface area contributed by atoms with Crippen molar-refractivity contribution < 1.29 is 4.42 Å². The van der Waals surface area contributed by atoms with Crippen LogP contribution >= 0.6 is 11.3 Å². The van der Waals surface area contributed by atoms with E-state index in [4.69, 9.17) is 9.40 Å². The van der Waals surface area contributed by atoms with Crippen LogP contribution in [0.15, 0.2) is 180 Å². The molecule has 0 aliphatic heterocycles. The summed E-state index contributed by atoms with van der Waals surface area (Å²) < 4.78 is 7.69. The Morgan fingerprint density at radius 3 is 1.71 bits per heavy atom. The van der Waals surface area contributed by atoms with Crippen LogP contribution in [0.3, 0.4) is 0 Å². The number of furan rings is 1. The van der Waals surface area contributed by atoms with E-state index in [1.54, 1.807) is 11.3 Å². The van der Waals surface area contributed by atoms with Gasteiger partial charge < -0.3 is 14.2 Å². The Bertz CT molecular complexity index is 2430. The molecule has 4 nitrogen and oxygen atoms in total. The van der Waals surface area contributed by atoms with Crippen LogP contribution in [-0.2, 0) is 0 Å². The minimum absolute atomic E-state index is 0.849. The lowest BCUT2D eigenvalue weighted by Gasteiger charge is -2.27. The number of rotatable bonds is 7. The molecule has 48 heavy (non-hydrogen) atoms. The molecule has 0 saturated carbocycles. The number of hydrogen-bond donors (Lipinski definition) is 0. The predicted octanol–water partition coefficient (Wildman–Crippen LogP) is 12.8. The molecule has 0 fully saturated rings. The minimum Gasteiger partial charge on any atom is -0.456 e. The van der Waals surface area contributed by atoms with Gasteiger partial charge in [-0.15, -0.1) is 11.3 Å². The second-order valence-corrected chi connectivity index (χ2v) is 12.7. The normalized spacial score (nSPS) is 11.3. The third-order valence-corrected chi connectivity index (χ3v) is 9.75. The van der Waals surface area contributed by atoms with Gasteiger partial charge in [0.1, 0.15) is 16.2 Å². The van der Waals surface area contributed by atoms with Gasteiger partial charge in [-0.2, -0.15) is 0 Å². The molecule has 7 aromatic carbocycles. The van der Waals surface area contributed by atoms with E-state index >= 15 is 0 Å². The largest absolute Gasteiger partial charge is 0.456 e. The molecule has 9 aromatic rings. The maximum atomic E-state index is 6.50. The van der Waals surface area contributed by atoms with Crippen LogP contribution in [0, 0.1) is 0 Å². The fraction of sp³-hybridized carbons (Fsp3) is 0. The molecule has 9 rings (SSSR count). The van der Waals surface area contributed by atoms with E-state index in [2.05, 4.69) is 180 Å². The molecule has 0 radical (unpaired) electrons. The lowest BCUT2D eigenvalue weighted by Crippen LogP contribution is -2.10. The molecule has 228 valence electrons. The number of benzene rings is 7. The smallest absolute Gasteiger partial charge is 0.137 e. The number of fused-ring (bicyclic) bond motifs is 4. The van der Waals surface area contributed by atoms with Crippen LogP contribution in [0.1, 0.15) is 0 Å². The van der Waals surface area contributed by atoms with E-state index < -0.39 is 0 Å². The van der Waals surface area contributed by atoms with Crippen molar-refractivity contribution in [2.45, 2.75) is 0 Å². The highest BCUT2D eigenvalue weighted by Crippen LogP contribution is 2.45. The minimum atomic E-state index is 0.849. The molecule has 0 aliphatic carbocycles. The summed E-state index contributed by atoms with van der Waals surface area (Å²) in [4.78, 5) is 9.49. The summed E-state index contributed by atoms with van der Waals surface area (Å²) in [6.45, 7) is 0. The quantitative estimate of drug-likeness (QED) is 0.174. The molecule has 0 spiro atoms. The standard InChI is InChI=1S/C43H29N3OS/c1-4-13-31(14-5-1)45(34-25-23-30(24-26-34)43-44-37-19-10-11-22-41(37)48-43)35-27-28-39-36(29-35)42-38(20-12-21-40(42)47-39)46(32-15-6-2-7-16-32)33-17-8-3-9-18-33/h1-29H. The highest BCUT2D eigenvalue weighted by Gasteiger charge is 2.21. The monoisotopic (exact) mass is 635 g/mol. The van der Waals surface area contributed by atoms with Crippen molar-refractivity contribution in [1.29, 1.82) is 0 Å². The fourth-order valence-corrected chi connectivity index (χ4v) is 7.45. The van der Waals surface area contributed by atoms with Gasteiger partial charge in [0.2, 0.25) is 0 Å². The predicted molar refractivity (Wildman–Crippen MR) is 202 cm³/mol. The van der Waals surface area contributed by atoms with E-state index in [1.165, 1.54) is 4.70 Å². The molecule has 2 aromatic heterocycles. The van der Waals surface area contributed by atoms with E-state index in [1.807, 2.05) is 6.07 Å². The summed E-state index contributed by atoms with van der Waals surface area (Å²) in [6.07, 6.45) is 0. The molecular weight excluding hydrogens is 607 g/mol. The van der Waals surface area contributed by atoms with Crippen molar-refractivity contribution >= 4 is 77.6 Å². The first-order valence-electron chi connectivity index (χ1n) is 16.0. The van der Waals surface area contributed by atoms with Crippen LogP contribution < -0.4 is 9.80 Å². The van der Waals surface area contributed by atoms with Gasteiger partial charge in [0.25, 0.3) is 0 Å². The van der Waals surface area contributed by atoms with Crippen LogP contribution in [0.2, 0.25) is 0 Å². The second-order valence-electron chi connectivity index (χ2n) is 11.6. The zero-order valence-electron chi connectivity index (χ0n) is 25.9. The maximum Gasteiger partial charge on any atom is 0.137 e. The van der Waals surface area contributed by atoms with Gasteiger partial charge in [0.05, 0.1) is 21.3 Å². The van der Waals surface area contributed by atoms with Crippen LogP contribution in [0.5, 0.6) is 0 Å². The number of anilines is 6. The van der Waals surface area contributed by atoms with E-state index in [9.17, 15) is 0 Å². The van der Waals surface area contributed by atoms with Crippen LogP contribution in [-0.4, -0.2) is 4.98 Å². The van der Waals surface area contributed by atoms with E-state index in [0.29, 0.717) is 0 Å². The third kappa shape index (κ3) is 4.98. The summed E-state index contributed by atoms with van der Waals surface area (Å²) in [5, 5.41) is 3.15. The Balaban J connectivity index is 1.20. The molecular formula is C43H29N3OS. The van der Waals surface area contributed by atoms with E-state index in [-0.39, 0.29) is 0 Å². The fourth-order valence-electron chi connectivity index (χ4n) is 6.48. The molecule has 0 bridgehead atoms. The van der Waals surface area contributed by atoms with Crippen LogP contribution in [0.4, 0.5) is 34.1 Å². The molecule has 0 saturated heterocycles. The summed E-state index contributed by atoms with van der Waals surface area (Å²) in [5.74, 6) is 0. The van der Waals surface area contributed by atoms with Crippen molar-refractivity contribution in [3.05, 3.63) is 176 Å². The number of thiazole rings is 1. The summed E-state index contributed by atoms with van der Waals surface area (Å²) in [6, 6.07) is 61.4. The second kappa shape index (κ2) is 11.9. The van der Waals surface area contributed by atoms with Gasteiger partial charge in [0.15, 0.2) is 0 Å². The Hall–Kier alpha value is -6.17. The van der Waals surface area contributed by atoms with Crippen molar-refractivity contribution in [3.63, 3.8) is 0 Å². The van der Waals surface area contributed by atoms with Gasteiger partial charge >= 0.3 is 0 Å². The Labute approximate surface area is 282 Å². The highest BCUT2D eigenvalue weighted by molar-refractivity contribution is 7.21. The maximum absolute atomic E-state index is 6.50. The molecule has 5 heteroatoms. The highest BCUT2D eigenvalue weighted by atomic mass is 32.1. The van der Waals surface area contributed by atoms with Gasteiger partial charge in [-0.3, -0.25) is 0 Å².